The Hall–Kier alpha value is -1.88. The lowest BCUT2D eigenvalue weighted by molar-refractivity contribution is 0.241. The van der Waals surface area contributed by atoms with Crippen molar-refractivity contribution < 1.29 is 9.18 Å². The van der Waals surface area contributed by atoms with E-state index in [0.29, 0.717) is 25.1 Å². The Morgan fingerprint density at radius 3 is 2.09 bits per heavy atom. The predicted octanol–water partition coefficient (Wildman–Crippen LogP) is 3.67. The Balaban J connectivity index is 1.66. The van der Waals surface area contributed by atoms with Gasteiger partial charge in [0.05, 0.1) is 0 Å². The smallest absolute Gasteiger partial charge is 0.314 e. The molecule has 5 heteroatoms. The van der Waals surface area contributed by atoms with Gasteiger partial charge < -0.3 is 10.6 Å². The number of benzene rings is 2. The molecule has 2 N–H and O–H groups in total. The van der Waals surface area contributed by atoms with E-state index in [0.717, 1.165) is 16.5 Å². The monoisotopic (exact) mass is 364 g/mol. The summed E-state index contributed by atoms with van der Waals surface area (Å²) in [5.41, 5.74) is 1.75. The van der Waals surface area contributed by atoms with Crippen LogP contribution in [0.4, 0.5) is 9.18 Å². The van der Waals surface area contributed by atoms with Crippen molar-refractivity contribution >= 4 is 22.0 Å². The van der Waals surface area contributed by atoms with Gasteiger partial charge in [-0.25, -0.2) is 9.18 Å². The standard InChI is InChI=1S/C17H18BrFN2O/c18-15-7-3-1-5-13(15)9-11-20-17(22)21-12-10-14-6-2-4-8-16(14)19/h1-8H,9-12H2,(H2,20,21,22). The van der Waals surface area contributed by atoms with Gasteiger partial charge in [-0.2, -0.15) is 0 Å². The SMILES string of the molecule is O=C(NCCc1ccccc1F)NCCc1ccccc1Br. The number of hydrogen-bond acceptors (Lipinski definition) is 1. The Morgan fingerprint density at radius 2 is 1.45 bits per heavy atom. The highest BCUT2D eigenvalue weighted by Crippen LogP contribution is 2.15. The van der Waals surface area contributed by atoms with Gasteiger partial charge in [0.2, 0.25) is 0 Å². The second-order valence-corrected chi connectivity index (χ2v) is 5.72. The van der Waals surface area contributed by atoms with Gasteiger partial charge >= 0.3 is 6.03 Å². The second kappa shape index (κ2) is 8.54. The molecule has 0 bridgehead atoms. The summed E-state index contributed by atoms with van der Waals surface area (Å²) >= 11 is 3.47. The molecular weight excluding hydrogens is 347 g/mol. The highest BCUT2D eigenvalue weighted by molar-refractivity contribution is 9.10. The summed E-state index contributed by atoms with van der Waals surface area (Å²) in [7, 11) is 0. The number of hydrogen-bond donors (Lipinski definition) is 2. The van der Waals surface area contributed by atoms with E-state index in [9.17, 15) is 9.18 Å². The fourth-order valence-electron chi connectivity index (χ4n) is 2.09. The molecule has 0 fully saturated rings. The van der Waals surface area contributed by atoms with Gasteiger partial charge in [0.1, 0.15) is 5.82 Å². The Labute approximate surface area is 138 Å². The topological polar surface area (TPSA) is 41.1 Å². The minimum Gasteiger partial charge on any atom is -0.338 e. The van der Waals surface area contributed by atoms with E-state index in [1.54, 1.807) is 18.2 Å². The van der Waals surface area contributed by atoms with Gasteiger partial charge in [-0.15, -0.1) is 0 Å². The van der Waals surface area contributed by atoms with E-state index in [4.69, 9.17) is 0 Å². The molecule has 0 atom stereocenters. The molecule has 0 aliphatic heterocycles. The van der Waals surface area contributed by atoms with Crippen molar-refractivity contribution in [2.75, 3.05) is 13.1 Å². The van der Waals surface area contributed by atoms with Crippen LogP contribution in [0, 0.1) is 5.82 Å². The zero-order chi connectivity index (χ0) is 15.8. The third-order valence-corrected chi connectivity index (χ3v) is 4.05. The van der Waals surface area contributed by atoms with Crippen molar-refractivity contribution in [3.63, 3.8) is 0 Å². The van der Waals surface area contributed by atoms with Crippen LogP contribution < -0.4 is 10.6 Å². The predicted molar refractivity (Wildman–Crippen MR) is 89.4 cm³/mol. The first kappa shape index (κ1) is 16.5. The van der Waals surface area contributed by atoms with Crippen LogP contribution in [0.1, 0.15) is 11.1 Å². The number of carbonyl (C=O) groups is 1. The summed E-state index contributed by atoms with van der Waals surface area (Å²) < 4.78 is 14.4. The minimum atomic E-state index is -0.237. The highest BCUT2D eigenvalue weighted by atomic mass is 79.9. The molecule has 0 unspecified atom stereocenters. The average molecular weight is 365 g/mol. The average Bonchev–Trinajstić information content (AvgIpc) is 2.51. The number of rotatable bonds is 6. The van der Waals surface area contributed by atoms with Crippen LogP contribution in [-0.2, 0) is 12.8 Å². The first-order valence-corrected chi connectivity index (χ1v) is 7.94. The quantitative estimate of drug-likeness (QED) is 0.806. The molecule has 0 aliphatic rings. The van der Waals surface area contributed by atoms with Crippen molar-refractivity contribution in [3.8, 4) is 0 Å². The number of nitrogens with one attached hydrogen (secondary N) is 2. The lowest BCUT2D eigenvalue weighted by Crippen LogP contribution is -2.37. The Bertz CT molecular complexity index is 580. The molecule has 2 rings (SSSR count). The fraction of sp³-hybridized carbons (Fsp3) is 0.235. The number of amides is 2. The van der Waals surface area contributed by atoms with Crippen LogP contribution in [0.2, 0.25) is 0 Å². The minimum absolute atomic E-state index is 0.233. The maximum atomic E-state index is 13.4. The molecule has 0 saturated heterocycles. The molecule has 2 aromatic carbocycles. The van der Waals surface area contributed by atoms with Crippen LogP contribution in [0.3, 0.4) is 0 Å². The molecule has 3 nitrogen and oxygen atoms in total. The van der Waals surface area contributed by atoms with Gasteiger partial charge in [-0.1, -0.05) is 52.3 Å². The van der Waals surface area contributed by atoms with Crippen LogP contribution in [0.5, 0.6) is 0 Å². The molecule has 22 heavy (non-hydrogen) atoms. The molecule has 0 saturated carbocycles. The van der Waals surface area contributed by atoms with Crippen LogP contribution in [0.25, 0.3) is 0 Å². The lowest BCUT2D eigenvalue weighted by atomic mass is 10.1. The highest BCUT2D eigenvalue weighted by Gasteiger charge is 2.03. The zero-order valence-corrected chi connectivity index (χ0v) is 13.7. The van der Waals surface area contributed by atoms with E-state index >= 15 is 0 Å². The number of urea groups is 1. The zero-order valence-electron chi connectivity index (χ0n) is 12.1. The summed E-state index contributed by atoms with van der Waals surface area (Å²) in [5, 5.41) is 5.53. The molecule has 0 radical (unpaired) electrons. The normalized spacial score (nSPS) is 10.3. The van der Waals surface area contributed by atoms with Crippen LogP contribution >= 0.6 is 15.9 Å². The Morgan fingerprint density at radius 1 is 0.909 bits per heavy atom. The van der Waals surface area contributed by atoms with E-state index in [-0.39, 0.29) is 11.8 Å². The number of halogens is 2. The maximum absolute atomic E-state index is 13.4. The van der Waals surface area contributed by atoms with Crippen molar-refractivity contribution in [2.24, 2.45) is 0 Å². The molecule has 0 aliphatic carbocycles. The van der Waals surface area contributed by atoms with Crippen LogP contribution in [0.15, 0.2) is 53.0 Å². The summed E-state index contributed by atoms with van der Waals surface area (Å²) in [6, 6.07) is 14.3. The first-order chi connectivity index (χ1) is 10.7. The largest absolute Gasteiger partial charge is 0.338 e. The van der Waals surface area contributed by atoms with Gasteiger partial charge in [0.15, 0.2) is 0 Å². The maximum Gasteiger partial charge on any atom is 0.314 e. The third kappa shape index (κ3) is 5.15. The van der Waals surface area contributed by atoms with Crippen molar-refractivity contribution in [1.29, 1.82) is 0 Å². The van der Waals surface area contributed by atoms with Gasteiger partial charge in [-0.05, 0) is 36.1 Å². The van der Waals surface area contributed by atoms with E-state index in [1.807, 2.05) is 24.3 Å². The van der Waals surface area contributed by atoms with E-state index in [1.165, 1.54) is 6.07 Å². The van der Waals surface area contributed by atoms with Gasteiger partial charge in [-0.3, -0.25) is 0 Å². The molecular formula is C17H18BrFN2O. The molecule has 116 valence electrons. The third-order valence-electron chi connectivity index (χ3n) is 3.28. The van der Waals surface area contributed by atoms with E-state index in [2.05, 4.69) is 26.6 Å². The molecule has 0 aromatic heterocycles. The van der Waals surface area contributed by atoms with Crippen molar-refractivity contribution in [1.82, 2.24) is 10.6 Å². The summed E-state index contributed by atoms with van der Waals surface area (Å²) in [5.74, 6) is -0.237. The number of carbonyl (C=O) groups excluding carboxylic acids is 1. The van der Waals surface area contributed by atoms with E-state index < -0.39 is 0 Å². The molecule has 2 aromatic rings. The Kier molecular flexibility index (Phi) is 6.40. The summed E-state index contributed by atoms with van der Waals surface area (Å²) in [4.78, 5) is 11.7. The molecule has 2 amide bonds. The fourth-order valence-corrected chi connectivity index (χ4v) is 2.57. The summed E-state index contributed by atoms with van der Waals surface area (Å²) in [6.45, 7) is 0.954. The van der Waals surface area contributed by atoms with Crippen LogP contribution in [-0.4, -0.2) is 19.1 Å². The second-order valence-electron chi connectivity index (χ2n) is 4.87. The van der Waals surface area contributed by atoms with Gasteiger partial charge in [0, 0.05) is 17.6 Å². The first-order valence-electron chi connectivity index (χ1n) is 7.15. The summed E-state index contributed by atoms with van der Waals surface area (Å²) in [6.07, 6.45) is 1.23. The molecule has 0 spiro atoms. The lowest BCUT2D eigenvalue weighted by Gasteiger charge is -2.09. The molecule has 0 heterocycles. The van der Waals surface area contributed by atoms with Crippen molar-refractivity contribution in [3.05, 3.63) is 69.9 Å². The van der Waals surface area contributed by atoms with Crippen molar-refractivity contribution in [2.45, 2.75) is 12.8 Å². The van der Waals surface area contributed by atoms with Gasteiger partial charge in [0.25, 0.3) is 0 Å².